The first-order valence-corrected chi connectivity index (χ1v) is 13.5. The van der Waals surface area contributed by atoms with Gasteiger partial charge in [0.05, 0.1) is 16.5 Å². The first-order valence-electron chi connectivity index (χ1n) is 12.3. The summed E-state index contributed by atoms with van der Waals surface area (Å²) in [5.74, 6) is -0.649. The van der Waals surface area contributed by atoms with E-state index in [1.807, 2.05) is 6.07 Å². The fourth-order valence-corrected chi connectivity index (χ4v) is 5.21. The Morgan fingerprint density at radius 3 is 2.53 bits per heavy atom. The van der Waals surface area contributed by atoms with Crippen LogP contribution in [0.2, 0.25) is 5.02 Å². The summed E-state index contributed by atoms with van der Waals surface area (Å²) in [6.45, 7) is 2.82. The number of hydrogen-bond acceptors (Lipinski definition) is 7. The van der Waals surface area contributed by atoms with E-state index in [-0.39, 0.29) is 40.6 Å². The molecule has 2 saturated heterocycles. The highest BCUT2D eigenvalue weighted by Crippen LogP contribution is 2.39. The Morgan fingerprint density at radius 1 is 1.08 bits per heavy atom. The molecule has 0 spiro atoms. The molecule has 0 unspecified atom stereocenters. The number of nitrogens with zero attached hydrogens (tertiary/aromatic N) is 2. The van der Waals surface area contributed by atoms with Crippen LogP contribution >= 0.6 is 23.4 Å². The highest BCUT2D eigenvalue weighted by Gasteiger charge is 2.37. The van der Waals surface area contributed by atoms with Crippen LogP contribution < -0.4 is 14.8 Å². The number of halogens is 1. The fraction of sp³-hybridized carbons (Fsp3) is 0.333. The zero-order valence-corrected chi connectivity index (χ0v) is 22.5. The van der Waals surface area contributed by atoms with Gasteiger partial charge in [-0.2, -0.15) is 0 Å². The van der Waals surface area contributed by atoms with E-state index < -0.39 is 11.1 Å². The van der Waals surface area contributed by atoms with Gasteiger partial charge in [0.25, 0.3) is 17.1 Å². The highest BCUT2D eigenvalue weighted by atomic mass is 35.5. The lowest BCUT2D eigenvalue weighted by Crippen LogP contribution is -2.44. The molecular formula is C27H28ClN3O6S. The Bertz CT molecular complexity index is 1250. The van der Waals surface area contributed by atoms with E-state index in [4.69, 9.17) is 21.1 Å². The summed E-state index contributed by atoms with van der Waals surface area (Å²) in [6.07, 6.45) is 4.45. The van der Waals surface area contributed by atoms with Crippen molar-refractivity contribution in [3.8, 4) is 11.5 Å². The number of nitrogens with one attached hydrogen (secondary N) is 1. The molecule has 0 aromatic heterocycles. The standard InChI is InChI=1S/C27H28ClN3O6S/c1-2-36-21-14-18(13-20(28)25(21)37-17-23(32)29-19-9-5-3-6-10-19)15-22-26(34)31(27(35)38-22)16-24(33)30-11-7-4-8-12-30/h3,5-6,9-10,13-15H,2,4,7-8,11-12,16-17H2,1H3,(H,29,32)/b22-15-. The fourth-order valence-electron chi connectivity index (χ4n) is 4.10. The summed E-state index contributed by atoms with van der Waals surface area (Å²) >= 11 is 7.23. The second kappa shape index (κ2) is 12.8. The third kappa shape index (κ3) is 6.87. The summed E-state index contributed by atoms with van der Waals surface area (Å²) < 4.78 is 11.3. The number of para-hydroxylation sites is 1. The first kappa shape index (κ1) is 27.5. The number of anilines is 1. The topological polar surface area (TPSA) is 105 Å². The van der Waals surface area contributed by atoms with Crippen molar-refractivity contribution < 1.29 is 28.7 Å². The summed E-state index contributed by atoms with van der Waals surface area (Å²) in [7, 11) is 0. The van der Waals surface area contributed by atoms with Gasteiger partial charge < -0.3 is 19.7 Å². The van der Waals surface area contributed by atoms with Crippen LogP contribution in [-0.2, 0) is 14.4 Å². The van der Waals surface area contributed by atoms with Crippen molar-refractivity contribution in [2.45, 2.75) is 26.2 Å². The van der Waals surface area contributed by atoms with Crippen LogP contribution in [0.5, 0.6) is 11.5 Å². The van der Waals surface area contributed by atoms with Crippen LogP contribution in [0, 0.1) is 0 Å². The second-order valence-electron chi connectivity index (χ2n) is 8.68. The van der Waals surface area contributed by atoms with Crippen LogP contribution in [0.1, 0.15) is 31.7 Å². The molecule has 4 amide bonds. The van der Waals surface area contributed by atoms with Gasteiger partial charge in [0.2, 0.25) is 5.91 Å². The maximum Gasteiger partial charge on any atom is 0.294 e. The first-order chi connectivity index (χ1) is 18.4. The smallest absolute Gasteiger partial charge is 0.294 e. The minimum atomic E-state index is -0.530. The number of hydrogen-bond donors (Lipinski definition) is 1. The minimum absolute atomic E-state index is 0.175. The Labute approximate surface area is 230 Å². The van der Waals surface area contributed by atoms with Crippen molar-refractivity contribution in [2.24, 2.45) is 0 Å². The van der Waals surface area contributed by atoms with Crippen molar-refractivity contribution >= 4 is 58.1 Å². The number of imide groups is 1. The van der Waals surface area contributed by atoms with Crippen LogP contribution in [0.3, 0.4) is 0 Å². The van der Waals surface area contributed by atoms with Crippen molar-refractivity contribution in [2.75, 3.05) is 38.2 Å². The molecule has 9 nitrogen and oxygen atoms in total. The van der Waals surface area contributed by atoms with Crippen molar-refractivity contribution in [1.82, 2.24) is 9.80 Å². The van der Waals surface area contributed by atoms with Gasteiger partial charge >= 0.3 is 0 Å². The quantitative estimate of drug-likeness (QED) is 0.441. The predicted molar refractivity (Wildman–Crippen MR) is 146 cm³/mol. The SMILES string of the molecule is CCOc1cc(/C=C2\SC(=O)N(CC(=O)N3CCCCC3)C2=O)cc(Cl)c1OCC(=O)Nc1ccccc1. The molecule has 0 atom stereocenters. The van der Waals surface area contributed by atoms with E-state index in [0.717, 1.165) is 35.9 Å². The number of amides is 4. The molecule has 2 aliphatic rings. The molecule has 2 aromatic rings. The van der Waals surface area contributed by atoms with Gasteiger partial charge in [-0.05, 0) is 73.9 Å². The van der Waals surface area contributed by atoms with Gasteiger partial charge in [0.1, 0.15) is 6.54 Å². The molecule has 0 radical (unpaired) electrons. The number of ether oxygens (including phenoxy) is 2. The Hall–Kier alpha value is -3.50. The van der Waals surface area contributed by atoms with E-state index in [2.05, 4.69) is 5.32 Å². The summed E-state index contributed by atoms with van der Waals surface area (Å²) in [4.78, 5) is 53.2. The van der Waals surface area contributed by atoms with Crippen molar-refractivity contribution in [3.63, 3.8) is 0 Å². The molecule has 0 bridgehead atoms. The zero-order chi connectivity index (χ0) is 27.1. The average Bonchev–Trinajstić information content (AvgIpc) is 3.16. The van der Waals surface area contributed by atoms with Gasteiger partial charge in [-0.15, -0.1) is 0 Å². The molecule has 2 aromatic carbocycles. The lowest BCUT2D eigenvalue weighted by molar-refractivity contribution is -0.136. The van der Waals surface area contributed by atoms with Gasteiger partial charge in [-0.25, -0.2) is 0 Å². The van der Waals surface area contributed by atoms with Gasteiger partial charge in [0, 0.05) is 18.8 Å². The molecule has 2 heterocycles. The molecule has 11 heteroatoms. The largest absolute Gasteiger partial charge is 0.490 e. The molecule has 0 saturated carbocycles. The van der Waals surface area contributed by atoms with E-state index >= 15 is 0 Å². The Balaban J connectivity index is 1.45. The van der Waals surface area contributed by atoms with Gasteiger partial charge in [-0.3, -0.25) is 24.1 Å². The maximum absolute atomic E-state index is 12.9. The molecule has 200 valence electrons. The van der Waals surface area contributed by atoms with E-state index in [0.29, 0.717) is 36.7 Å². The minimum Gasteiger partial charge on any atom is -0.490 e. The third-order valence-corrected chi connectivity index (χ3v) is 7.10. The van der Waals surface area contributed by atoms with Crippen molar-refractivity contribution in [3.05, 3.63) is 58.0 Å². The lowest BCUT2D eigenvalue weighted by Gasteiger charge is -2.27. The number of likely N-dealkylation sites (tertiary alicyclic amines) is 1. The van der Waals surface area contributed by atoms with Crippen LogP contribution in [0.4, 0.5) is 10.5 Å². The highest BCUT2D eigenvalue weighted by molar-refractivity contribution is 8.18. The second-order valence-corrected chi connectivity index (χ2v) is 10.1. The zero-order valence-electron chi connectivity index (χ0n) is 20.9. The van der Waals surface area contributed by atoms with E-state index in [9.17, 15) is 19.2 Å². The normalized spacial score (nSPS) is 16.6. The van der Waals surface area contributed by atoms with Crippen LogP contribution in [-0.4, -0.2) is 65.6 Å². The van der Waals surface area contributed by atoms with Crippen molar-refractivity contribution in [1.29, 1.82) is 0 Å². The summed E-state index contributed by atoms with van der Waals surface area (Å²) in [5, 5.41) is 2.41. The van der Waals surface area contributed by atoms with E-state index in [1.54, 1.807) is 48.2 Å². The third-order valence-electron chi connectivity index (χ3n) is 5.91. The van der Waals surface area contributed by atoms with E-state index in [1.165, 1.54) is 6.08 Å². The summed E-state index contributed by atoms with van der Waals surface area (Å²) in [6, 6.07) is 12.2. The molecular weight excluding hydrogens is 530 g/mol. The maximum atomic E-state index is 12.9. The molecule has 0 aliphatic carbocycles. The number of carbonyl (C=O) groups excluding carboxylic acids is 4. The van der Waals surface area contributed by atoms with Crippen LogP contribution in [0.25, 0.3) is 6.08 Å². The number of benzene rings is 2. The average molecular weight is 558 g/mol. The molecule has 1 N–H and O–H groups in total. The number of piperidine rings is 1. The monoisotopic (exact) mass is 557 g/mol. The van der Waals surface area contributed by atoms with Gasteiger partial charge in [0.15, 0.2) is 18.1 Å². The van der Waals surface area contributed by atoms with Crippen LogP contribution in [0.15, 0.2) is 47.4 Å². The number of thioether (sulfide) groups is 1. The number of carbonyl (C=O) groups is 4. The molecule has 4 rings (SSSR count). The summed E-state index contributed by atoms with van der Waals surface area (Å²) in [5.41, 5.74) is 1.14. The molecule has 2 fully saturated rings. The molecule has 38 heavy (non-hydrogen) atoms. The lowest BCUT2D eigenvalue weighted by atomic mass is 10.1. The predicted octanol–water partition coefficient (Wildman–Crippen LogP) is 4.81. The molecule has 2 aliphatic heterocycles. The number of rotatable bonds is 9. The Morgan fingerprint density at radius 2 is 1.82 bits per heavy atom. The Kier molecular flexibility index (Phi) is 9.30. The van der Waals surface area contributed by atoms with Gasteiger partial charge in [-0.1, -0.05) is 29.8 Å².